The number of methoxy groups -OCH3 is 1. The number of rotatable bonds is 8. The maximum absolute atomic E-state index is 12.1. The van der Waals surface area contributed by atoms with Crippen molar-refractivity contribution < 1.29 is 18.7 Å². The number of aryl methyl sites for hydroxylation is 1. The highest BCUT2D eigenvalue weighted by Gasteiger charge is 2.10. The summed E-state index contributed by atoms with van der Waals surface area (Å²) in [5, 5.41) is 4.43. The van der Waals surface area contributed by atoms with E-state index in [1.165, 1.54) is 6.21 Å². The van der Waals surface area contributed by atoms with Gasteiger partial charge in [-0.25, -0.2) is 5.43 Å². The first kappa shape index (κ1) is 22.4. The largest absolute Gasteiger partial charge is 0.495 e. The summed E-state index contributed by atoms with van der Waals surface area (Å²) in [6, 6.07) is 14.9. The van der Waals surface area contributed by atoms with Crippen LogP contribution in [0, 0.1) is 6.92 Å². The minimum absolute atomic E-state index is 0.131. The molecule has 0 aliphatic carbocycles. The number of carbonyl (C=O) groups is 1. The van der Waals surface area contributed by atoms with Crippen molar-refractivity contribution in [3.05, 3.63) is 70.4 Å². The molecule has 0 saturated heterocycles. The average molecular weight is 441 g/mol. The van der Waals surface area contributed by atoms with E-state index in [0.717, 1.165) is 16.7 Å². The molecule has 0 spiro atoms. The minimum atomic E-state index is -0.360. The van der Waals surface area contributed by atoms with Crippen LogP contribution >= 0.6 is 11.6 Å². The van der Waals surface area contributed by atoms with E-state index in [2.05, 4.69) is 24.4 Å². The first-order valence-corrected chi connectivity index (χ1v) is 10.2. The van der Waals surface area contributed by atoms with Gasteiger partial charge in [0, 0.05) is 5.56 Å². The van der Waals surface area contributed by atoms with Gasteiger partial charge in [-0.05, 0) is 60.4 Å². The number of hydrazone groups is 1. The summed E-state index contributed by atoms with van der Waals surface area (Å²) in [5.74, 6) is 2.36. The number of nitrogens with zero attached hydrogens (tertiary/aromatic N) is 1. The van der Waals surface area contributed by atoms with Crippen LogP contribution in [0.4, 0.5) is 0 Å². The van der Waals surface area contributed by atoms with E-state index in [-0.39, 0.29) is 12.5 Å². The molecule has 1 N–H and O–H groups in total. The summed E-state index contributed by atoms with van der Waals surface area (Å²) in [6.45, 7) is 6.02. The van der Waals surface area contributed by atoms with Gasteiger partial charge in [0.25, 0.3) is 5.91 Å². The third-order valence-electron chi connectivity index (χ3n) is 4.59. The number of carbonyl (C=O) groups excluding carboxylic acids is 1. The smallest absolute Gasteiger partial charge is 0.277 e. The van der Waals surface area contributed by atoms with E-state index < -0.39 is 0 Å². The van der Waals surface area contributed by atoms with E-state index in [0.29, 0.717) is 34.0 Å². The molecule has 162 valence electrons. The van der Waals surface area contributed by atoms with Gasteiger partial charge in [-0.1, -0.05) is 37.6 Å². The van der Waals surface area contributed by atoms with Crippen molar-refractivity contribution in [2.24, 2.45) is 5.10 Å². The highest BCUT2D eigenvalue weighted by atomic mass is 35.5. The standard InChI is InChI=1S/C24H25ClN2O4/c1-15(2)19-8-5-16(3)11-23(19)30-14-24(28)27-26-13-18-7-10-21(31-18)17-6-9-22(29-4)20(25)12-17/h5-13,15H,14H2,1-4H3,(H,27,28)/b26-13-. The molecule has 7 heteroatoms. The second-order valence-corrected chi connectivity index (χ2v) is 7.74. The van der Waals surface area contributed by atoms with Crippen LogP contribution in [-0.4, -0.2) is 25.8 Å². The summed E-state index contributed by atoms with van der Waals surface area (Å²) in [6.07, 6.45) is 1.43. The van der Waals surface area contributed by atoms with E-state index in [1.54, 1.807) is 31.4 Å². The summed E-state index contributed by atoms with van der Waals surface area (Å²) >= 11 is 6.16. The molecule has 0 saturated carbocycles. The molecule has 1 aromatic heterocycles. The van der Waals surface area contributed by atoms with Crippen molar-refractivity contribution >= 4 is 23.7 Å². The fraction of sp³-hybridized carbons (Fsp3) is 0.250. The quantitative estimate of drug-likeness (QED) is 0.367. The van der Waals surface area contributed by atoms with Crippen LogP contribution in [0.5, 0.6) is 11.5 Å². The Morgan fingerprint density at radius 1 is 1.16 bits per heavy atom. The molecular weight excluding hydrogens is 416 g/mol. The molecule has 3 rings (SSSR count). The van der Waals surface area contributed by atoms with Gasteiger partial charge >= 0.3 is 0 Å². The van der Waals surface area contributed by atoms with E-state index in [1.807, 2.05) is 31.2 Å². The van der Waals surface area contributed by atoms with Gasteiger partial charge in [0.1, 0.15) is 23.0 Å². The van der Waals surface area contributed by atoms with Crippen LogP contribution in [0.1, 0.15) is 36.7 Å². The van der Waals surface area contributed by atoms with Gasteiger partial charge in [-0.15, -0.1) is 0 Å². The topological polar surface area (TPSA) is 73.1 Å². The molecule has 0 aliphatic heterocycles. The fourth-order valence-electron chi connectivity index (χ4n) is 2.98. The van der Waals surface area contributed by atoms with Crippen LogP contribution in [0.3, 0.4) is 0 Å². The molecule has 0 bridgehead atoms. The van der Waals surface area contributed by atoms with Crippen LogP contribution in [0.2, 0.25) is 5.02 Å². The summed E-state index contributed by atoms with van der Waals surface area (Å²) < 4.78 is 16.6. The number of hydrogen-bond acceptors (Lipinski definition) is 5. The highest BCUT2D eigenvalue weighted by Crippen LogP contribution is 2.31. The Labute approximate surface area is 186 Å². The van der Waals surface area contributed by atoms with Crippen LogP contribution in [0.25, 0.3) is 11.3 Å². The van der Waals surface area contributed by atoms with E-state index in [9.17, 15) is 4.79 Å². The molecule has 1 amide bonds. The molecule has 0 atom stereocenters. The van der Waals surface area contributed by atoms with Crippen molar-refractivity contribution in [1.82, 2.24) is 5.43 Å². The first-order valence-electron chi connectivity index (χ1n) is 9.86. The average Bonchev–Trinajstić information content (AvgIpc) is 3.21. The zero-order valence-electron chi connectivity index (χ0n) is 17.9. The predicted molar refractivity (Wildman–Crippen MR) is 122 cm³/mol. The van der Waals surface area contributed by atoms with Crippen molar-refractivity contribution in [2.75, 3.05) is 13.7 Å². The third kappa shape index (κ3) is 5.89. The molecule has 0 fully saturated rings. The first-order chi connectivity index (χ1) is 14.9. The molecule has 0 aliphatic rings. The number of halogens is 1. The Balaban J connectivity index is 1.56. The van der Waals surface area contributed by atoms with Gasteiger partial charge in [0.15, 0.2) is 6.61 Å². The molecule has 6 nitrogen and oxygen atoms in total. The third-order valence-corrected chi connectivity index (χ3v) is 4.89. The van der Waals surface area contributed by atoms with Crippen LogP contribution in [0.15, 0.2) is 58.0 Å². The van der Waals surface area contributed by atoms with Crippen LogP contribution < -0.4 is 14.9 Å². The molecule has 2 aromatic carbocycles. The Hall–Kier alpha value is -3.25. The Kier molecular flexibility index (Phi) is 7.36. The lowest BCUT2D eigenvalue weighted by Crippen LogP contribution is -2.24. The Morgan fingerprint density at radius 2 is 1.97 bits per heavy atom. The van der Waals surface area contributed by atoms with E-state index >= 15 is 0 Å². The van der Waals surface area contributed by atoms with Gasteiger partial charge in [0.05, 0.1) is 18.3 Å². The lowest BCUT2D eigenvalue weighted by atomic mass is 10.0. The van der Waals surface area contributed by atoms with Gasteiger partial charge in [-0.3, -0.25) is 4.79 Å². The molecule has 0 unspecified atom stereocenters. The molecular formula is C24H25ClN2O4. The fourth-order valence-corrected chi connectivity index (χ4v) is 3.24. The van der Waals surface area contributed by atoms with Crippen molar-refractivity contribution in [1.29, 1.82) is 0 Å². The number of benzene rings is 2. The summed E-state index contributed by atoms with van der Waals surface area (Å²) in [7, 11) is 1.56. The number of ether oxygens (including phenoxy) is 2. The minimum Gasteiger partial charge on any atom is -0.495 e. The zero-order valence-corrected chi connectivity index (χ0v) is 18.7. The number of nitrogens with one attached hydrogen (secondary N) is 1. The molecule has 1 heterocycles. The Bertz CT molecular complexity index is 1090. The molecule has 31 heavy (non-hydrogen) atoms. The maximum atomic E-state index is 12.1. The van der Waals surface area contributed by atoms with Crippen molar-refractivity contribution in [2.45, 2.75) is 26.7 Å². The number of hydrogen-bond donors (Lipinski definition) is 1. The van der Waals surface area contributed by atoms with Crippen molar-refractivity contribution in [3.63, 3.8) is 0 Å². The monoisotopic (exact) mass is 440 g/mol. The number of amides is 1. The van der Waals surface area contributed by atoms with Crippen molar-refractivity contribution in [3.8, 4) is 22.8 Å². The molecule has 0 radical (unpaired) electrons. The van der Waals surface area contributed by atoms with Gasteiger partial charge in [-0.2, -0.15) is 5.10 Å². The lowest BCUT2D eigenvalue weighted by Gasteiger charge is -2.14. The van der Waals surface area contributed by atoms with Crippen LogP contribution in [-0.2, 0) is 4.79 Å². The predicted octanol–water partition coefficient (Wildman–Crippen LogP) is 5.57. The summed E-state index contributed by atoms with van der Waals surface area (Å²) in [5.41, 5.74) is 5.39. The SMILES string of the molecule is COc1ccc(-c2ccc(/C=N\NC(=O)COc3cc(C)ccc3C(C)C)o2)cc1Cl. The van der Waals surface area contributed by atoms with Gasteiger partial charge in [0.2, 0.25) is 0 Å². The lowest BCUT2D eigenvalue weighted by molar-refractivity contribution is -0.123. The second-order valence-electron chi connectivity index (χ2n) is 7.33. The highest BCUT2D eigenvalue weighted by molar-refractivity contribution is 6.32. The Morgan fingerprint density at radius 3 is 2.68 bits per heavy atom. The molecule has 3 aromatic rings. The normalized spacial score (nSPS) is 11.2. The van der Waals surface area contributed by atoms with Gasteiger partial charge < -0.3 is 13.9 Å². The number of furan rings is 1. The second kappa shape index (κ2) is 10.2. The van der Waals surface area contributed by atoms with E-state index in [4.69, 9.17) is 25.5 Å². The summed E-state index contributed by atoms with van der Waals surface area (Å²) in [4.78, 5) is 12.1. The zero-order chi connectivity index (χ0) is 22.4. The maximum Gasteiger partial charge on any atom is 0.277 e.